The fourth-order valence-electron chi connectivity index (χ4n) is 3.45. The lowest BCUT2D eigenvalue weighted by Crippen LogP contribution is -2.26. The predicted octanol–water partition coefficient (Wildman–Crippen LogP) is 4.64. The summed E-state index contributed by atoms with van der Waals surface area (Å²) in [5, 5.41) is 10.9. The van der Waals surface area contributed by atoms with Gasteiger partial charge in [-0.25, -0.2) is 4.79 Å². The number of ketones is 1. The summed E-state index contributed by atoms with van der Waals surface area (Å²) in [4.78, 5) is 24.4. The lowest BCUT2D eigenvalue weighted by molar-refractivity contribution is -0.152. The molecule has 0 aliphatic carbocycles. The first kappa shape index (κ1) is 22.9. The molecule has 0 bridgehead atoms. The van der Waals surface area contributed by atoms with Crippen LogP contribution in [0.1, 0.15) is 23.6 Å². The summed E-state index contributed by atoms with van der Waals surface area (Å²) in [7, 11) is 0. The van der Waals surface area contributed by atoms with Gasteiger partial charge in [0.05, 0.1) is 12.2 Å². The van der Waals surface area contributed by atoms with Crippen molar-refractivity contribution in [2.45, 2.75) is 20.1 Å². The molecule has 0 saturated heterocycles. The van der Waals surface area contributed by atoms with E-state index in [0.717, 1.165) is 11.1 Å². The predicted molar refractivity (Wildman–Crippen MR) is 125 cm³/mol. The van der Waals surface area contributed by atoms with Crippen LogP contribution in [0.15, 0.2) is 78.4 Å². The topological polar surface area (TPSA) is 91.3 Å². The molecule has 34 heavy (non-hydrogen) atoms. The fraction of sp³-hybridized carbons (Fsp3) is 0.185. The molecule has 0 atom stereocenters. The van der Waals surface area contributed by atoms with Gasteiger partial charge in [-0.1, -0.05) is 60.7 Å². The summed E-state index contributed by atoms with van der Waals surface area (Å²) in [5.74, 6) is -1.37. The summed E-state index contributed by atoms with van der Waals surface area (Å²) >= 11 is 0. The summed E-state index contributed by atoms with van der Waals surface area (Å²) < 4.78 is 22.5. The number of carbonyl (C=O) groups excluding carboxylic acids is 2. The van der Waals surface area contributed by atoms with Crippen LogP contribution < -0.4 is 14.2 Å². The highest BCUT2D eigenvalue weighted by atomic mass is 16.5. The van der Waals surface area contributed by atoms with E-state index in [1.54, 1.807) is 19.1 Å². The molecule has 0 saturated carbocycles. The molecular weight excluding hydrogens is 436 g/mol. The first-order valence-corrected chi connectivity index (χ1v) is 10.8. The molecule has 0 fully saturated rings. The van der Waals surface area contributed by atoms with Gasteiger partial charge in [0.15, 0.2) is 0 Å². The number of ether oxygens (including phenoxy) is 4. The number of Topliss-reactive ketones (excluding diaryl/α,β-unsaturated/α-hetero) is 1. The van der Waals surface area contributed by atoms with E-state index in [9.17, 15) is 14.7 Å². The molecule has 1 heterocycles. The molecule has 7 nitrogen and oxygen atoms in total. The van der Waals surface area contributed by atoms with E-state index < -0.39 is 11.8 Å². The van der Waals surface area contributed by atoms with Crippen molar-refractivity contribution in [3.63, 3.8) is 0 Å². The third kappa shape index (κ3) is 5.20. The van der Waals surface area contributed by atoms with Crippen LogP contribution in [0.5, 0.6) is 17.2 Å². The summed E-state index contributed by atoms with van der Waals surface area (Å²) in [5.41, 5.74) is 1.89. The van der Waals surface area contributed by atoms with Crippen LogP contribution >= 0.6 is 0 Å². The Bertz CT molecular complexity index is 1200. The largest absolute Gasteiger partial charge is 0.506 e. The van der Waals surface area contributed by atoms with Gasteiger partial charge in [-0.3, -0.25) is 4.79 Å². The number of hydrogen-bond donors (Lipinski definition) is 1. The zero-order chi connectivity index (χ0) is 23.9. The molecule has 0 radical (unpaired) electrons. The van der Waals surface area contributed by atoms with Crippen LogP contribution in [0, 0.1) is 0 Å². The van der Waals surface area contributed by atoms with Crippen molar-refractivity contribution in [1.29, 1.82) is 0 Å². The molecule has 1 aliphatic heterocycles. The Morgan fingerprint density at radius 3 is 2.15 bits per heavy atom. The Morgan fingerprint density at radius 2 is 1.53 bits per heavy atom. The molecule has 3 aromatic rings. The highest BCUT2D eigenvalue weighted by molar-refractivity contribution is 6.42. The van der Waals surface area contributed by atoms with Gasteiger partial charge in [-0.2, -0.15) is 0 Å². The van der Waals surface area contributed by atoms with Gasteiger partial charge in [0, 0.05) is 12.1 Å². The standard InChI is InChI=1S/C27H24O7/c1-2-31-27(30)26(29)21-17-34-23-14-20(32-15-18-9-5-3-6-10-18)13-22(24(23)25(21)28)33-16-19-11-7-4-8-12-19/h3-14,28H,2,15-17H2,1H3. The molecule has 4 rings (SSSR count). The molecule has 7 heteroatoms. The van der Waals surface area contributed by atoms with E-state index in [2.05, 4.69) is 0 Å². The lowest BCUT2D eigenvalue weighted by Gasteiger charge is -2.23. The van der Waals surface area contributed by atoms with E-state index >= 15 is 0 Å². The van der Waals surface area contributed by atoms with E-state index in [-0.39, 0.29) is 48.2 Å². The zero-order valence-corrected chi connectivity index (χ0v) is 18.7. The molecule has 3 aromatic carbocycles. The molecule has 0 amide bonds. The maximum Gasteiger partial charge on any atom is 0.379 e. The number of rotatable bonds is 9. The number of benzene rings is 3. The number of aliphatic hydroxyl groups is 1. The molecule has 0 aromatic heterocycles. The van der Waals surface area contributed by atoms with E-state index in [4.69, 9.17) is 18.9 Å². The van der Waals surface area contributed by atoms with E-state index in [0.29, 0.717) is 12.4 Å². The number of fused-ring (bicyclic) bond motifs is 1. The first-order valence-electron chi connectivity index (χ1n) is 10.8. The smallest absolute Gasteiger partial charge is 0.379 e. The molecule has 0 spiro atoms. The lowest BCUT2D eigenvalue weighted by atomic mass is 10.0. The van der Waals surface area contributed by atoms with Crippen molar-refractivity contribution in [3.8, 4) is 17.2 Å². The van der Waals surface area contributed by atoms with Crippen LogP contribution in [0.4, 0.5) is 0 Å². The summed E-state index contributed by atoms with van der Waals surface area (Å²) in [6.45, 7) is 1.90. The van der Waals surface area contributed by atoms with Crippen LogP contribution in [0.2, 0.25) is 0 Å². The summed E-state index contributed by atoms with van der Waals surface area (Å²) in [6.07, 6.45) is 0. The Morgan fingerprint density at radius 1 is 0.912 bits per heavy atom. The van der Waals surface area contributed by atoms with Gasteiger partial charge >= 0.3 is 5.97 Å². The van der Waals surface area contributed by atoms with Crippen molar-refractivity contribution < 1.29 is 33.6 Å². The average molecular weight is 460 g/mol. The monoisotopic (exact) mass is 460 g/mol. The number of hydrogen-bond acceptors (Lipinski definition) is 7. The fourth-order valence-corrected chi connectivity index (χ4v) is 3.45. The van der Waals surface area contributed by atoms with Gasteiger partial charge in [0.2, 0.25) is 0 Å². The van der Waals surface area contributed by atoms with E-state index in [1.807, 2.05) is 60.7 Å². The van der Waals surface area contributed by atoms with Gasteiger partial charge in [-0.05, 0) is 18.1 Å². The highest BCUT2D eigenvalue weighted by Crippen LogP contribution is 2.42. The average Bonchev–Trinajstić information content (AvgIpc) is 2.87. The van der Waals surface area contributed by atoms with Crippen LogP contribution in [-0.4, -0.2) is 30.1 Å². The molecule has 174 valence electrons. The number of esters is 1. The molecule has 0 unspecified atom stereocenters. The minimum atomic E-state index is -1.05. The van der Waals surface area contributed by atoms with E-state index in [1.165, 1.54) is 0 Å². The van der Waals surface area contributed by atoms with Crippen molar-refractivity contribution in [2.75, 3.05) is 13.2 Å². The van der Waals surface area contributed by atoms with Gasteiger partial charge in [-0.15, -0.1) is 0 Å². The van der Waals surface area contributed by atoms with Crippen molar-refractivity contribution in [1.82, 2.24) is 0 Å². The van der Waals surface area contributed by atoms with Gasteiger partial charge in [0.1, 0.15) is 48.4 Å². The minimum Gasteiger partial charge on any atom is -0.506 e. The Balaban J connectivity index is 1.67. The quantitative estimate of drug-likeness (QED) is 0.367. The van der Waals surface area contributed by atoms with Crippen molar-refractivity contribution >= 4 is 17.5 Å². The SMILES string of the molecule is CCOC(=O)C(=O)C1=C(O)c2c(cc(OCc3ccccc3)cc2OCc2ccccc2)OC1. The minimum absolute atomic E-state index is 0.0452. The number of carbonyl (C=O) groups is 2. The maximum absolute atomic E-state index is 12.5. The van der Waals surface area contributed by atoms with Crippen LogP contribution in [-0.2, 0) is 27.5 Å². The number of aliphatic hydroxyl groups excluding tert-OH is 1. The second-order valence-corrected chi connectivity index (χ2v) is 7.51. The highest BCUT2D eigenvalue weighted by Gasteiger charge is 2.32. The Kier molecular flexibility index (Phi) is 7.13. The third-order valence-corrected chi connectivity index (χ3v) is 5.15. The molecule has 1 N–H and O–H groups in total. The zero-order valence-electron chi connectivity index (χ0n) is 18.7. The van der Waals surface area contributed by atoms with Crippen LogP contribution in [0.3, 0.4) is 0 Å². The van der Waals surface area contributed by atoms with Crippen molar-refractivity contribution in [2.24, 2.45) is 0 Å². The normalized spacial score (nSPS) is 12.4. The Hall–Kier alpha value is -4.26. The van der Waals surface area contributed by atoms with Crippen molar-refractivity contribution in [3.05, 3.63) is 95.1 Å². The van der Waals surface area contributed by atoms with Crippen LogP contribution in [0.25, 0.3) is 5.76 Å². The summed E-state index contributed by atoms with van der Waals surface area (Å²) in [6, 6.07) is 22.4. The second-order valence-electron chi connectivity index (χ2n) is 7.51. The molecular formula is C27H24O7. The van der Waals surface area contributed by atoms with Gasteiger partial charge < -0.3 is 24.1 Å². The second kappa shape index (κ2) is 10.6. The molecule has 1 aliphatic rings. The first-order chi connectivity index (χ1) is 16.6. The Labute approximate surface area is 197 Å². The van der Waals surface area contributed by atoms with Gasteiger partial charge in [0.25, 0.3) is 5.78 Å². The maximum atomic E-state index is 12.5. The third-order valence-electron chi connectivity index (χ3n) is 5.15.